The fraction of sp³-hybridized carbons (Fsp3) is 0.684. The summed E-state index contributed by atoms with van der Waals surface area (Å²) >= 11 is 0. The van der Waals surface area contributed by atoms with E-state index in [1.165, 1.54) is 11.1 Å². The number of morpholine rings is 1. The van der Waals surface area contributed by atoms with Gasteiger partial charge < -0.3 is 15.2 Å². The lowest BCUT2D eigenvalue weighted by molar-refractivity contribution is 0.0317. The monoisotopic (exact) mass is 318 g/mol. The van der Waals surface area contributed by atoms with E-state index in [1.54, 1.807) is 0 Å². The fourth-order valence-corrected chi connectivity index (χ4v) is 3.79. The summed E-state index contributed by atoms with van der Waals surface area (Å²) in [5.74, 6) is 0. The number of nitrogens with zero attached hydrogens (tertiary/aromatic N) is 1. The molecular formula is C19H30N2O2. The highest BCUT2D eigenvalue weighted by Crippen LogP contribution is 2.24. The van der Waals surface area contributed by atoms with Gasteiger partial charge in [-0.15, -0.1) is 0 Å². The second-order valence-electron chi connectivity index (χ2n) is 6.99. The number of aryl methyl sites for hydroxylation is 1. The standard InChI is InChI=1S/C19H30N2O2/c1-15-4-2-3-5-18(15)19(14-21-10-12-23-13-11-21)20-16-6-8-17(22)9-7-16/h2-5,16-17,19-20,22H,6-14H2,1H3. The summed E-state index contributed by atoms with van der Waals surface area (Å²) in [7, 11) is 0. The lowest BCUT2D eigenvalue weighted by Crippen LogP contribution is -2.45. The molecule has 128 valence electrons. The average Bonchev–Trinajstić information content (AvgIpc) is 2.58. The van der Waals surface area contributed by atoms with E-state index in [9.17, 15) is 5.11 Å². The van der Waals surface area contributed by atoms with Crippen LogP contribution in [-0.2, 0) is 4.74 Å². The van der Waals surface area contributed by atoms with Crippen LogP contribution in [-0.4, -0.2) is 55.0 Å². The maximum absolute atomic E-state index is 9.73. The molecule has 1 unspecified atom stereocenters. The molecule has 1 aromatic carbocycles. The molecule has 1 heterocycles. The zero-order chi connectivity index (χ0) is 16.1. The lowest BCUT2D eigenvalue weighted by Gasteiger charge is -2.35. The molecule has 0 spiro atoms. The third-order valence-electron chi connectivity index (χ3n) is 5.24. The Morgan fingerprint density at radius 1 is 1.17 bits per heavy atom. The minimum Gasteiger partial charge on any atom is -0.393 e. The maximum atomic E-state index is 9.73. The van der Waals surface area contributed by atoms with Crippen LogP contribution in [0.15, 0.2) is 24.3 Å². The van der Waals surface area contributed by atoms with Gasteiger partial charge in [0, 0.05) is 31.7 Å². The third kappa shape index (κ3) is 4.77. The molecule has 1 atom stereocenters. The summed E-state index contributed by atoms with van der Waals surface area (Å²) in [5, 5.41) is 13.6. The Hall–Kier alpha value is -0.940. The van der Waals surface area contributed by atoms with Crippen LogP contribution in [0.4, 0.5) is 0 Å². The first-order valence-electron chi connectivity index (χ1n) is 9.02. The minimum absolute atomic E-state index is 0.0933. The molecular weight excluding hydrogens is 288 g/mol. The van der Waals surface area contributed by atoms with Crippen molar-refractivity contribution in [2.45, 2.75) is 50.8 Å². The molecule has 1 aromatic rings. The SMILES string of the molecule is Cc1ccccc1C(CN1CCOCC1)NC1CCC(O)CC1. The minimum atomic E-state index is -0.0933. The highest BCUT2D eigenvalue weighted by Gasteiger charge is 2.25. The molecule has 1 aliphatic heterocycles. The normalized spacial score (nSPS) is 27.7. The number of aliphatic hydroxyl groups is 1. The van der Waals surface area contributed by atoms with E-state index in [-0.39, 0.29) is 6.10 Å². The van der Waals surface area contributed by atoms with Crippen LogP contribution in [0, 0.1) is 6.92 Å². The highest BCUT2D eigenvalue weighted by molar-refractivity contribution is 5.29. The molecule has 2 fully saturated rings. The van der Waals surface area contributed by atoms with Gasteiger partial charge in [-0.1, -0.05) is 24.3 Å². The van der Waals surface area contributed by atoms with Crippen LogP contribution in [0.2, 0.25) is 0 Å². The molecule has 1 saturated carbocycles. The number of hydrogen-bond donors (Lipinski definition) is 2. The van der Waals surface area contributed by atoms with Crippen LogP contribution in [0.1, 0.15) is 42.9 Å². The number of hydrogen-bond acceptors (Lipinski definition) is 4. The number of aliphatic hydroxyl groups excluding tert-OH is 1. The van der Waals surface area contributed by atoms with E-state index in [2.05, 4.69) is 41.4 Å². The topological polar surface area (TPSA) is 44.7 Å². The molecule has 0 aromatic heterocycles. The van der Waals surface area contributed by atoms with Crippen molar-refractivity contribution in [2.75, 3.05) is 32.8 Å². The molecule has 2 aliphatic rings. The maximum Gasteiger partial charge on any atom is 0.0594 e. The zero-order valence-corrected chi connectivity index (χ0v) is 14.2. The Balaban J connectivity index is 1.69. The second kappa shape index (κ2) is 8.25. The molecule has 2 N–H and O–H groups in total. The van der Waals surface area contributed by atoms with Gasteiger partial charge in [0.1, 0.15) is 0 Å². The number of benzene rings is 1. The van der Waals surface area contributed by atoms with Gasteiger partial charge in [0.05, 0.1) is 19.3 Å². The molecule has 1 saturated heterocycles. The molecule has 4 nitrogen and oxygen atoms in total. The van der Waals surface area contributed by atoms with Crippen molar-refractivity contribution in [1.82, 2.24) is 10.2 Å². The Kier molecular flexibility index (Phi) is 6.06. The van der Waals surface area contributed by atoms with Gasteiger partial charge in [-0.05, 0) is 43.7 Å². The predicted octanol–water partition coefficient (Wildman–Crippen LogP) is 2.26. The van der Waals surface area contributed by atoms with Crippen LogP contribution in [0.3, 0.4) is 0 Å². The first kappa shape index (κ1) is 16.9. The zero-order valence-electron chi connectivity index (χ0n) is 14.2. The van der Waals surface area contributed by atoms with Gasteiger partial charge in [-0.2, -0.15) is 0 Å². The van der Waals surface area contributed by atoms with Crippen LogP contribution in [0.25, 0.3) is 0 Å². The van der Waals surface area contributed by atoms with Crippen LogP contribution < -0.4 is 5.32 Å². The van der Waals surface area contributed by atoms with Gasteiger partial charge in [0.15, 0.2) is 0 Å². The van der Waals surface area contributed by atoms with E-state index in [1.807, 2.05) is 0 Å². The first-order chi connectivity index (χ1) is 11.2. The van der Waals surface area contributed by atoms with Gasteiger partial charge in [0.25, 0.3) is 0 Å². The molecule has 4 heteroatoms. The molecule has 23 heavy (non-hydrogen) atoms. The van der Waals surface area contributed by atoms with Gasteiger partial charge in [-0.3, -0.25) is 4.90 Å². The van der Waals surface area contributed by atoms with Crippen molar-refractivity contribution in [1.29, 1.82) is 0 Å². The first-order valence-corrected chi connectivity index (χ1v) is 9.02. The van der Waals surface area contributed by atoms with Crippen molar-refractivity contribution >= 4 is 0 Å². The quantitative estimate of drug-likeness (QED) is 0.874. The summed E-state index contributed by atoms with van der Waals surface area (Å²) in [5.41, 5.74) is 2.76. The average molecular weight is 318 g/mol. The second-order valence-corrected chi connectivity index (χ2v) is 6.99. The molecule has 0 bridgehead atoms. The summed E-state index contributed by atoms with van der Waals surface area (Å²) in [4.78, 5) is 2.51. The number of ether oxygens (including phenoxy) is 1. The number of nitrogens with one attached hydrogen (secondary N) is 1. The molecule has 1 aliphatic carbocycles. The van der Waals surface area contributed by atoms with Crippen molar-refractivity contribution in [3.8, 4) is 0 Å². The molecule has 3 rings (SSSR count). The highest BCUT2D eigenvalue weighted by atomic mass is 16.5. The Morgan fingerprint density at radius 2 is 1.87 bits per heavy atom. The fourth-order valence-electron chi connectivity index (χ4n) is 3.79. The van der Waals surface area contributed by atoms with Gasteiger partial charge in [0.2, 0.25) is 0 Å². The Morgan fingerprint density at radius 3 is 2.57 bits per heavy atom. The smallest absolute Gasteiger partial charge is 0.0594 e. The van der Waals surface area contributed by atoms with Crippen molar-refractivity contribution in [3.63, 3.8) is 0 Å². The number of rotatable bonds is 5. The van der Waals surface area contributed by atoms with Gasteiger partial charge in [-0.25, -0.2) is 0 Å². The van der Waals surface area contributed by atoms with Gasteiger partial charge >= 0.3 is 0 Å². The van der Waals surface area contributed by atoms with Crippen LogP contribution >= 0.6 is 0 Å². The van der Waals surface area contributed by atoms with E-state index in [0.29, 0.717) is 12.1 Å². The largest absolute Gasteiger partial charge is 0.393 e. The summed E-state index contributed by atoms with van der Waals surface area (Å²) in [6, 6.07) is 9.58. The lowest BCUT2D eigenvalue weighted by atomic mass is 9.91. The van der Waals surface area contributed by atoms with E-state index in [0.717, 1.165) is 58.5 Å². The molecule has 0 radical (unpaired) electrons. The Bertz CT molecular complexity index is 480. The van der Waals surface area contributed by atoms with E-state index >= 15 is 0 Å². The Labute approximate surface area is 139 Å². The predicted molar refractivity (Wildman–Crippen MR) is 92.6 cm³/mol. The van der Waals surface area contributed by atoms with Crippen molar-refractivity contribution in [3.05, 3.63) is 35.4 Å². The summed E-state index contributed by atoms with van der Waals surface area (Å²) in [6.07, 6.45) is 3.91. The third-order valence-corrected chi connectivity index (χ3v) is 5.24. The van der Waals surface area contributed by atoms with Crippen molar-refractivity contribution < 1.29 is 9.84 Å². The summed E-state index contributed by atoms with van der Waals surface area (Å²) < 4.78 is 5.48. The summed E-state index contributed by atoms with van der Waals surface area (Å²) in [6.45, 7) is 6.97. The van der Waals surface area contributed by atoms with Crippen molar-refractivity contribution in [2.24, 2.45) is 0 Å². The van der Waals surface area contributed by atoms with Crippen LogP contribution in [0.5, 0.6) is 0 Å². The van der Waals surface area contributed by atoms with E-state index in [4.69, 9.17) is 4.74 Å². The van der Waals surface area contributed by atoms with E-state index < -0.39 is 0 Å². The molecule has 0 amide bonds.